The van der Waals surface area contributed by atoms with Gasteiger partial charge in [-0.1, -0.05) is 23.2 Å². The molecular formula is C14H11Cl2FN2O. The highest BCUT2D eigenvalue weighted by molar-refractivity contribution is 6.36. The summed E-state index contributed by atoms with van der Waals surface area (Å²) in [6, 6.07) is 6.29. The fourth-order valence-corrected chi connectivity index (χ4v) is 2.75. The van der Waals surface area contributed by atoms with E-state index in [1.807, 2.05) is 6.92 Å². The van der Waals surface area contributed by atoms with Crippen LogP contribution in [-0.2, 0) is 0 Å². The van der Waals surface area contributed by atoms with Crippen molar-refractivity contribution < 1.29 is 9.13 Å². The van der Waals surface area contributed by atoms with Crippen LogP contribution < -0.4 is 10.1 Å². The Morgan fingerprint density at radius 2 is 2.10 bits per heavy atom. The Morgan fingerprint density at radius 1 is 1.30 bits per heavy atom. The molecular weight excluding hydrogens is 302 g/mol. The maximum atomic E-state index is 12.9. The number of aromatic nitrogens is 1. The summed E-state index contributed by atoms with van der Waals surface area (Å²) in [4.78, 5) is 4.06. The van der Waals surface area contributed by atoms with Gasteiger partial charge in [-0.15, -0.1) is 0 Å². The van der Waals surface area contributed by atoms with Crippen molar-refractivity contribution in [3.05, 3.63) is 52.0 Å². The minimum atomic E-state index is -0.379. The monoisotopic (exact) mass is 312 g/mol. The molecule has 0 bridgehead atoms. The minimum absolute atomic E-state index is 0.0463. The van der Waals surface area contributed by atoms with E-state index in [1.165, 1.54) is 12.3 Å². The van der Waals surface area contributed by atoms with E-state index in [1.54, 1.807) is 18.2 Å². The first-order chi connectivity index (χ1) is 9.54. The molecule has 1 aliphatic heterocycles. The summed E-state index contributed by atoms with van der Waals surface area (Å²) in [5.74, 6) is 0.153. The van der Waals surface area contributed by atoms with Crippen molar-refractivity contribution in [3.63, 3.8) is 0 Å². The highest BCUT2D eigenvalue weighted by Gasteiger charge is 2.30. The molecule has 1 aromatic carbocycles. The van der Waals surface area contributed by atoms with Crippen molar-refractivity contribution in [2.45, 2.75) is 19.1 Å². The number of pyridine rings is 1. The number of nitrogens with one attached hydrogen (secondary N) is 1. The average molecular weight is 313 g/mol. The van der Waals surface area contributed by atoms with E-state index >= 15 is 0 Å². The molecule has 1 N–H and O–H groups in total. The van der Waals surface area contributed by atoms with Crippen LogP contribution in [0.15, 0.2) is 30.5 Å². The third kappa shape index (κ3) is 2.41. The van der Waals surface area contributed by atoms with Gasteiger partial charge < -0.3 is 10.1 Å². The molecule has 6 heteroatoms. The molecule has 104 valence electrons. The second-order valence-corrected chi connectivity index (χ2v) is 5.48. The number of rotatable bonds is 1. The summed E-state index contributed by atoms with van der Waals surface area (Å²) in [7, 11) is 0. The summed E-state index contributed by atoms with van der Waals surface area (Å²) in [5, 5.41) is 4.24. The van der Waals surface area contributed by atoms with E-state index in [0.717, 1.165) is 5.69 Å². The van der Waals surface area contributed by atoms with Crippen LogP contribution in [0.2, 0.25) is 10.0 Å². The Bertz CT molecular complexity index is 648. The largest absolute Gasteiger partial charge is 0.478 e. The van der Waals surface area contributed by atoms with Crippen molar-refractivity contribution in [2.75, 3.05) is 5.32 Å². The lowest BCUT2D eigenvalue weighted by atomic mass is 10.1. The molecule has 0 spiro atoms. The summed E-state index contributed by atoms with van der Waals surface area (Å²) in [6.07, 6.45) is 0.825. The predicted octanol–water partition coefficient (Wildman–Crippen LogP) is 4.46. The Hall–Kier alpha value is -1.52. The molecule has 0 saturated carbocycles. The number of hydrogen-bond acceptors (Lipinski definition) is 3. The standard InChI is InChI=1S/C14H11Cl2FN2O/c1-7-13(11-3-2-9(17)6-18-11)20-14-10(16)4-8(15)5-12(14)19-7/h2-7,13,19H,1H3. The zero-order valence-electron chi connectivity index (χ0n) is 10.5. The molecule has 3 nitrogen and oxygen atoms in total. The molecule has 2 atom stereocenters. The van der Waals surface area contributed by atoms with Crippen LogP contribution in [-0.4, -0.2) is 11.0 Å². The van der Waals surface area contributed by atoms with Gasteiger partial charge in [0.1, 0.15) is 5.82 Å². The molecule has 0 amide bonds. The van der Waals surface area contributed by atoms with Crippen molar-refractivity contribution >= 4 is 28.9 Å². The van der Waals surface area contributed by atoms with Crippen molar-refractivity contribution in [2.24, 2.45) is 0 Å². The van der Waals surface area contributed by atoms with E-state index in [9.17, 15) is 4.39 Å². The molecule has 3 rings (SSSR count). The first-order valence-corrected chi connectivity index (χ1v) is 6.84. The number of anilines is 1. The second kappa shape index (κ2) is 5.11. The summed E-state index contributed by atoms with van der Waals surface area (Å²) in [5.41, 5.74) is 1.39. The van der Waals surface area contributed by atoms with Gasteiger partial charge in [-0.05, 0) is 31.2 Å². The average Bonchev–Trinajstić information content (AvgIpc) is 2.39. The quantitative estimate of drug-likeness (QED) is 0.844. The summed E-state index contributed by atoms with van der Waals surface area (Å²) < 4.78 is 18.9. The van der Waals surface area contributed by atoms with E-state index in [0.29, 0.717) is 21.5 Å². The molecule has 0 fully saturated rings. The Kier molecular flexibility index (Phi) is 3.44. The lowest BCUT2D eigenvalue weighted by Crippen LogP contribution is -2.33. The third-order valence-corrected chi connectivity index (χ3v) is 3.63. The SMILES string of the molecule is CC1Nc2cc(Cl)cc(Cl)c2OC1c1ccc(F)cn1. The maximum Gasteiger partial charge on any atom is 0.162 e. The number of halogens is 3. The molecule has 20 heavy (non-hydrogen) atoms. The maximum absolute atomic E-state index is 12.9. The topological polar surface area (TPSA) is 34.1 Å². The van der Waals surface area contributed by atoms with Crippen LogP contribution in [0.3, 0.4) is 0 Å². The smallest absolute Gasteiger partial charge is 0.162 e. The first kappa shape index (κ1) is 13.5. The van der Waals surface area contributed by atoms with Crippen LogP contribution in [0, 0.1) is 5.82 Å². The van der Waals surface area contributed by atoms with Crippen LogP contribution in [0.5, 0.6) is 5.75 Å². The Labute approximate surface area is 125 Å². The fraction of sp³-hybridized carbons (Fsp3) is 0.214. The van der Waals surface area contributed by atoms with Gasteiger partial charge in [-0.25, -0.2) is 4.39 Å². The highest BCUT2D eigenvalue weighted by Crippen LogP contribution is 2.43. The van der Waals surface area contributed by atoms with Crippen molar-refractivity contribution in [3.8, 4) is 5.75 Å². The first-order valence-electron chi connectivity index (χ1n) is 6.08. The third-order valence-electron chi connectivity index (χ3n) is 3.13. The zero-order chi connectivity index (χ0) is 14.3. The minimum Gasteiger partial charge on any atom is -0.478 e. The summed E-state index contributed by atoms with van der Waals surface area (Å²) in [6.45, 7) is 1.95. The number of nitrogens with zero attached hydrogens (tertiary/aromatic N) is 1. The van der Waals surface area contributed by atoms with Crippen LogP contribution in [0.4, 0.5) is 10.1 Å². The van der Waals surface area contributed by atoms with E-state index in [-0.39, 0.29) is 18.0 Å². The van der Waals surface area contributed by atoms with Crippen LogP contribution in [0.25, 0.3) is 0 Å². The van der Waals surface area contributed by atoms with Gasteiger partial charge in [0.15, 0.2) is 11.9 Å². The van der Waals surface area contributed by atoms with Crippen LogP contribution >= 0.6 is 23.2 Å². The van der Waals surface area contributed by atoms with Gasteiger partial charge >= 0.3 is 0 Å². The van der Waals surface area contributed by atoms with Gasteiger partial charge in [0.05, 0.1) is 28.6 Å². The Morgan fingerprint density at radius 3 is 2.80 bits per heavy atom. The number of hydrogen-bond donors (Lipinski definition) is 1. The zero-order valence-corrected chi connectivity index (χ0v) is 12.0. The Balaban J connectivity index is 1.98. The molecule has 1 aliphatic rings. The van der Waals surface area contributed by atoms with Crippen molar-refractivity contribution in [1.29, 1.82) is 0 Å². The second-order valence-electron chi connectivity index (χ2n) is 4.64. The molecule has 2 heterocycles. The molecule has 1 aromatic heterocycles. The molecule has 0 aliphatic carbocycles. The van der Waals surface area contributed by atoms with Gasteiger partial charge in [0.2, 0.25) is 0 Å². The highest BCUT2D eigenvalue weighted by atomic mass is 35.5. The van der Waals surface area contributed by atoms with E-state index < -0.39 is 0 Å². The molecule has 2 unspecified atom stereocenters. The number of fused-ring (bicyclic) bond motifs is 1. The van der Waals surface area contributed by atoms with Gasteiger partial charge in [-0.3, -0.25) is 4.98 Å². The van der Waals surface area contributed by atoms with Gasteiger partial charge in [0.25, 0.3) is 0 Å². The van der Waals surface area contributed by atoms with Gasteiger partial charge in [-0.2, -0.15) is 0 Å². The van der Waals surface area contributed by atoms with Gasteiger partial charge in [0, 0.05) is 5.02 Å². The number of benzene rings is 1. The lowest BCUT2D eigenvalue weighted by molar-refractivity contribution is 0.173. The normalized spacial score (nSPS) is 20.8. The molecule has 0 radical (unpaired) electrons. The van der Waals surface area contributed by atoms with E-state index in [4.69, 9.17) is 27.9 Å². The fourth-order valence-electron chi connectivity index (χ4n) is 2.21. The van der Waals surface area contributed by atoms with Crippen LogP contribution in [0.1, 0.15) is 18.7 Å². The van der Waals surface area contributed by atoms with E-state index in [2.05, 4.69) is 10.3 Å². The van der Waals surface area contributed by atoms with Crippen molar-refractivity contribution in [1.82, 2.24) is 4.98 Å². The lowest BCUT2D eigenvalue weighted by Gasteiger charge is -2.33. The summed E-state index contributed by atoms with van der Waals surface area (Å²) >= 11 is 12.1. The predicted molar refractivity (Wildman–Crippen MR) is 77.1 cm³/mol. The molecule has 0 saturated heterocycles. The molecule has 2 aromatic rings. The number of ether oxygens (including phenoxy) is 1.